The van der Waals surface area contributed by atoms with Gasteiger partial charge in [-0.3, -0.25) is 14.6 Å². The zero-order valence-corrected chi connectivity index (χ0v) is 19.5. The first-order valence-electron chi connectivity index (χ1n) is 11.4. The number of piperidine rings is 2. The Balaban J connectivity index is 1.33. The molecule has 172 valence electrons. The number of carbonyl (C=O) groups is 2. The molecule has 3 N–H and O–H groups in total. The number of hydrogen-bond acceptors (Lipinski definition) is 8. The first kappa shape index (κ1) is 22.6. The van der Waals surface area contributed by atoms with Gasteiger partial charge in [-0.25, -0.2) is 9.97 Å². The number of anilines is 2. The molecule has 10 heteroatoms. The minimum atomic E-state index is -0.130. The topological polar surface area (TPSA) is 112 Å². The molecule has 32 heavy (non-hydrogen) atoms. The summed E-state index contributed by atoms with van der Waals surface area (Å²) in [7, 11) is 0. The van der Waals surface area contributed by atoms with Crippen molar-refractivity contribution in [3.63, 3.8) is 0 Å². The van der Waals surface area contributed by atoms with Gasteiger partial charge < -0.3 is 20.9 Å². The fourth-order valence-corrected chi connectivity index (χ4v) is 4.92. The average Bonchev–Trinajstić information content (AvgIpc) is 3.28. The Labute approximate surface area is 192 Å². The summed E-state index contributed by atoms with van der Waals surface area (Å²) in [5.74, 6) is 0.995. The maximum atomic E-state index is 12.8. The predicted octanol–water partition coefficient (Wildman–Crippen LogP) is 2.66. The van der Waals surface area contributed by atoms with Crippen molar-refractivity contribution in [2.75, 3.05) is 25.0 Å². The van der Waals surface area contributed by atoms with Crippen LogP contribution in [0.4, 0.5) is 10.9 Å². The van der Waals surface area contributed by atoms with Gasteiger partial charge in [0.25, 0.3) is 5.91 Å². The molecule has 2 aliphatic heterocycles. The van der Waals surface area contributed by atoms with Gasteiger partial charge in [0, 0.05) is 31.2 Å². The highest BCUT2D eigenvalue weighted by atomic mass is 32.1. The van der Waals surface area contributed by atoms with E-state index in [1.165, 1.54) is 11.3 Å². The average molecular weight is 458 g/mol. The number of nitrogens with zero attached hydrogens (tertiary/aromatic N) is 4. The van der Waals surface area contributed by atoms with Crippen LogP contribution in [0.5, 0.6) is 0 Å². The molecule has 0 spiro atoms. The van der Waals surface area contributed by atoms with Gasteiger partial charge in [0.1, 0.15) is 4.88 Å². The molecule has 0 saturated carbocycles. The lowest BCUT2D eigenvalue weighted by atomic mass is 9.93. The Hall–Kier alpha value is -2.59. The second kappa shape index (κ2) is 10.4. The van der Waals surface area contributed by atoms with E-state index in [1.807, 2.05) is 18.7 Å². The quantitative estimate of drug-likeness (QED) is 0.611. The highest BCUT2D eigenvalue weighted by Gasteiger charge is 2.30. The van der Waals surface area contributed by atoms with Gasteiger partial charge >= 0.3 is 0 Å². The molecule has 2 fully saturated rings. The van der Waals surface area contributed by atoms with Gasteiger partial charge in [-0.05, 0) is 46.1 Å². The zero-order chi connectivity index (χ0) is 22.5. The maximum absolute atomic E-state index is 12.8. The number of aromatic nitrogens is 3. The molecule has 0 unspecified atom stereocenters. The summed E-state index contributed by atoms with van der Waals surface area (Å²) in [6.45, 7) is 6.29. The number of hydrogen-bond donors (Lipinski definition) is 3. The standard InChI is InChI=1S/C22H31N7O2S/c1-14(2)26-20(30)18-12-25-22(32-18)28-19-13-23-11-17(27-19)15-6-9-29(10-7-15)21(31)16-5-3-4-8-24-16/h11-16,24H,3-10H2,1-2H3,(H,26,30)(H,25,27,28)/t16-/m0/s1. The number of rotatable bonds is 6. The number of nitrogens with one attached hydrogen (secondary N) is 3. The van der Waals surface area contributed by atoms with Crippen LogP contribution >= 0.6 is 11.3 Å². The van der Waals surface area contributed by atoms with Crippen molar-refractivity contribution in [2.45, 2.75) is 64.0 Å². The normalized spacial score (nSPS) is 19.7. The molecule has 0 bridgehead atoms. The van der Waals surface area contributed by atoms with E-state index >= 15 is 0 Å². The zero-order valence-electron chi connectivity index (χ0n) is 18.6. The van der Waals surface area contributed by atoms with Crippen molar-refractivity contribution >= 4 is 34.1 Å². The summed E-state index contributed by atoms with van der Waals surface area (Å²) in [5, 5.41) is 9.99. The van der Waals surface area contributed by atoms with Gasteiger partial charge in [0.05, 0.1) is 24.1 Å². The third kappa shape index (κ3) is 5.60. The molecule has 2 aliphatic rings. The van der Waals surface area contributed by atoms with E-state index in [-0.39, 0.29) is 29.8 Å². The Morgan fingerprint density at radius 3 is 2.69 bits per heavy atom. The monoisotopic (exact) mass is 457 g/mol. The molecule has 1 atom stereocenters. The van der Waals surface area contributed by atoms with E-state index < -0.39 is 0 Å². The molecule has 9 nitrogen and oxygen atoms in total. The van der Waals surface area contributed by atoms with Crippen LogP contribution in [0.1, 0.15) is 67.2 Å². The summed E-state index contributed by atoms with van der Waals surface area (Å²) in [6.07, 6.45) is 10.0. The van der Waals surface area contributed by atoms with Crippen LogP contribution in [0.25, 0.3) is 0 Å². The first-order chi connectivity index (χ1) is 15.5. The summed E-state index contributed by atoms with van der Waals surface area (Å²) in [4.78, 5) is 40.8. The van der Waals surface area contributed by atoms with E-state index in [1.54, 1.807) is 18.6 Å². The van der Waals surface area contributed by atoms with Crippen molar-refractivity contribution in [2.24, 2.45) is 0 Å². The molecular weight excluding hydrogens is 426 g/mol. The second-order valence-electron chi connectivity index (χ2n) is 8.71. The molecule has 4 rings (SSSR count). The molecule has 2 aromatic rings. The number of amides is 2. The Kier molecular flexibility index (Phi) is 7.31. The minimum Gasteiger partial charge on any atom is -0.349 e. The Bertz CT molecular complexity index is 934. The van der Waals surface area contributed by atoms with Crippen LogP contribution in [0.3, 0.4) is 0 Å². The highest BCUT2D eigenvalue weighted by Crippen LogP contribution is 2.29. The van der Waals surface area contributed by atoms with Gasteiger partial charge in [-0.2, -0.15) is 0 Å². The molecule has 2 amide bonds. The highest BCUT2D eigenvalue weighted by molar-refractivity contribution is 7.17. The van der Waals surface area contributed by atoms with Crippen LogP contribution < -0.4 is 16.0 Å². The molecule has 2 aromatic heterocycles. The maximum Gasteiger partial charge on any atom is 0.263 e. The summed E-state index contributed by atoms with van der Waals surface area (Å²) < 4.78 is 0. The van der Waals surface area contributed by atoms with Crippen molar-refractivity contribution < 1.29 is 9.59 Å². The lowest BCUT2D eigenvalue weighted by Gasteiger charge is -2.35. The Morgan fingerprint density at radius 1 is 1.16 bits per heavy atom. The van der Waals surface area contributed by atoms with Crippen LogP contribution in [-0.2, 0) is 4.79 Å². The lowest BCUT2D eigenvalue weighted by Crippen LogP contribution is -2.50. The summed E-state index contributed by atoms with van der Waals surface area (Å²) in [6, 6.07) is 0.0580. The number of carbonyl (C=O) groups excluding carboxylic acids is 2. The third-order valence-corrected chi connectivity index (χ3v) is 6.78. The lowest BCUT2D eigenvalue weighted by molar-refractivity contribution is -0.135. The summed E-state index contributed by atoms with van der Waals surface area (Å²) in [5.41, 5.74) is 0.923. The molecule has 0 aromatic carbocycles. The number of likely N-dealkylation sites (tertiary alicyclic amines) is 1. The van der Waals surface area contributed by atoms with E-state index in [0.29, 0.717) is 15.8 Å². The van der Waals surface area contributed by atoms with E-state index in [0.717, 1.165) is 57.4 Å². The Morgan fingerprint density at radius 2 is 1.97 bits per heavy atom. The molecule has 2 saturated heterocycles. The first-order valence-corrected chi connectivity index (χ1v) is 12.2. The SMILES string of the molecule is CC(C)NC(=O)c1cnc(Nc2cncc(C3CCN(C(=O)[C@@H]4CCCCN4)CC3)n2)s1. The van der Waals surface area contributed by atoms with Crippen molar-refractivity contribution in [3.05, 3.63) is 29.2 Å². The molecule has 0 radical (unpaired) electrons. The fourth-order valence-electron chi connectivity index (χ4n) is 4.20. The van der Waals surface area contributed by atoms with Crippen LogP contribution in [0.15, 0.2) is 18.6 Å². The van der Waals surface area contributed by atoms with E-state index in [2.05, 4.69) is 25.9 Å². The van der Waals surface area contributed by atoms with Gasteiger partial charge in [-0.1, -0.05) is 17.8 Å². The van der Waals surface area contributed by atoms with E-state index in [9.17, 15) is 9.59 Å². The van der Waals surface area contributed by atoms with Crippen molar-refractivity contribution in [3.8, 4) is 0 Å². The predicted molar refractivity (Wildman–Crippen MR) is 124 cm³/mol. The minimum absolute atomic E-state index is 0.0153. The molecular formula is C22H31N7O2S. The molecule has 0 aliphatic carbocycles. The largest absolute Gasteiger partial charge is 0.349 e. The fraction of sp³-hybridized carbons (Fsp3) is 0.591. The second-order valence-corrected chi connectivity index (χ2v) is 9.74. The van der Waals surface area contributed by atoms with Crippen molar-refractivity contribution in [1.82, 2.24) is 30.5 Å². The van der Waals surface area contributed by atoms with Gasteiger partial charge in [-0.15, -0.1) is 0 Å². The van der Waals surface area contributed by atoms with Crippen LogP contribution in [0.2, 0.25) is 0 Å². The van der Waals surface area contributed by atoms with Crippen LogP contribution in [-0.4, -0.2) is 63.4 Å². The van der Waals surface area contributed by atoms with Crippen molar-refractivity contribution in [1.29, 1.82) is 0 Å². The molecule has 4 heterocycles. The smallest absolute Gasteiger partial charge is 0.263 e. The van der Waals surface area contributed by atoms with Gasteiger partial charge in [0.2, 0.25) is 5.91 Å². The number of thiazole rings is 1. The third-order valence-electron chi connectivity index (χ3n) is 5.87. The van der Waals surface area contributed by atoms with E-state index in [4.69, 9.17) is 4.98 Å². The van der Waals surface area contributed by atoms with Gasteiger partial charge in [0.15, 0.2) is 10.9 Å². The summed E-state index contributed by atoms with van der Waals surface area (Å²) >= 11 is 1.28. The van der Waals surface area contributed by atoms with Crippen LogP contribution in [0, 0.1) is 0 Å².